The number of thioether (sulfide) groups is 1. The molecule has 0 aromatic heterocycles. The summed E-state index contributed by atoms with van der Waals surface area (Å²) in [7, 11) is 0. The highest BCUT2D eigenvalue weighted by molar-refractivity contribution is 7.99. The quantitative estimate of drug-likeness (QED) is 0.815. The molecule has 0 spiro atoms. The van der Waals surface area contributed by atoms with Gasteiger partial charge in [0, 0.05) is 16.1 Å². The molecule has 0 bridgehead atoms. The van der Waals surface area contributed by atoms with E-state index in [4.69, 9.17) is 0 Å². The van der Waals surface area contributed by atoms with E-state index in [1.54, 1.807) is 31.2 Å². The topological polar surface area (TPSA) is 41.1 Å². The number of nitrogens with one attached hydrogen (secondary N) is 2. The third-order valence-corrected chi connectivity index (χ3v) is 3.15. The molecule has 112 valence electrons. The van der Waals surface area contributed by atoms with Gasteiger partial charge < -0.3 is 10.6 Å². The molecule has 1 aromatic carbocycles. The third kappa shape index (κ3) is 5.77. The monoisotopic (exact) mass is 302 g/mol. The number of hydrogen-bond donors (Lipinski definition) is 2. The van der Waals surface area contributed by atoms with Crippen molar-refractivity contribution in [1.82, 2.24) is 5.32 Å². The van der Waals surface area contributed by atoms with Crippen LogP contribution in [0.15, 0.2) is 29.2 Å². The van der Waals surface area contributed by atoms with E-state index in [-0.39, 0.29) is 11.4 Å². The van der Waals surface area contributed by atoms with Gasteiger partial charge in [0.2, 0.25) is 5.91 Å². The molecule has 1 rings (SSSR count). The van der Waals surface area contributed by atoms with Crippen LogP contribution in [0.1, 0.15) is 27.7 Å². The molecule has 0 radical (unpaired) electrons. The van der Waals surface area contributed by atoms with E-state index in [1.807, 2.05) is 20.8 Å². The SMILES string of the molecule is CC(Nc1ccccc1SC(F)F)C(=O)NC(C)(C)C. The molecule has 1 unspecified atom stereocenters. The summed E-state index contributed by atoms with van der Waals surface area (Å²) in [5.41, 5.74) is 0.207. The Kier molecular flexibility index (Phi) is 5.80. The number of alkyl halides is 2. The molecule has 0 aliphatic rings. The minimum atomic E-state index is -2.49. The highest BCUT2D eigenvalue weighted by atomic mass is 32.2. The van der Waals surface area contributed by atoms with Gasteiger partial charge in [-0.2, -0.15) is 8.78 Å². The number of amides is 1. The van der Waals surface area contributed by atoms with Crippen molar-refractivity contribution < 1.29 is 13.6 Å². The van der Waals surface area contributed by atoms with Gasteiger partial charge in [0.25, 0.3) is 5.76 Å². The number of para-hydroxylation sites is 1. The average Bonchev–Trinajstić information content (AvgIpc) is 2.28. The third-order valence-electron chi connectivity index (χ3n) is 2.37. The van der Waals surface area contributed by atoms with Crippen LogP contribution in [0.25, 0.3) is 0 Å². The van der Waals surface area contributed by atoms with Gasteiger partial charge in [-0.15, -0.1) is 0 Å². The Bertz CT molecular complexity index is 461. The standard InChI is InChI=1S/C14H20F2N2OS/c1-9(12(19)18-14(2,3)4)17-10-7-5-6-8-11(10)20-13(15)16/h5-9,13,17H,1-4H3,(H,18,19). The van der Waals surface area contributed by atoms with Crippen LogP contribution in [0.3, 0.4) is 0 Å². The first-order valence-corrected chi connectivity index (χ1v) is 7.19. The molecule has 1 atom stereocenters. The molecule has 0 fully saturated rings. The molecule has 0 saturated heterocycles. The fourth-order valence-corrected chi connectivity index (χ4v) is 2.16. The van der Waals surface area contributed by atoms with Crippen LogP contribution in [-0.2, 0) is 4.79 Å². The number of halogens is 2. The molecule has 0 aliphatic carbocycles. The van der Waals surface area contributed by atoms with Crippen molar-refractivity contribution in [3.63, 3.8) is 0 Å². The van der Waals surface area contributed by atoms with Gasteiger partial charge in [0.1, 0.15) is 6.04 Å². The zero-order valence-electron chi connectivity index (χ0n) is 12.0. The Labute approximate surface area is 122 Å². The normalized spacial score (nSPS) is 13.2. The van der Waals surface area contributed by atoms with Crippen LogP contribution in [0.2, 0.25) is 0 Å². The van der Waals surface area contributed by atoms with Crippen LogP contribution < -0.4 is 10.6 Å². The summed E-state index contributed by atoms with van der Waals surface area (Å²) in [4.78, 5) is 12.4. The lowest BCUT2D eigenvalue weighted by Crippen LogP contribution is -2.47. The summed E-state index contributed by atoms with van der Waals surface area (Å²) >= 11 is 0.464. The van der Waals surface area contributed by atoms with Crippen LogP contribution >= 0.6 is 11.8 Å². The number of hydrogen-bond acceptors (Lipinski definition) is 3. The highest BCUT2D eigenvalue weighted by Crippen LogP contribution is 2.31. The molecule has 1 amide bonds. The van der Waals surface area contributed by atoms with Crippen LogP contribution in [0.5, 0.6) is 0 Å². The average molecular weight is 302 g/mol. The van der Waals surface area contributed by atoms with E-state index in [9.17, 15) is 13.6 Å². The van der Waals surface area contributed by atoms with Crippen molar-refractivity contribution in [3.8, 4) is 0 Å². The second-order valence-electron chi connectivity index (χ2n) is 5.48. The van der Waals surface area contributed by atoms with Crippen molar-refractivity contribution in [3.05, 3.63) is 24.3 Å². The first-order valence-electron chi connectivity index (χ1n) is 6.31. The summed E-state index contributed by atoms with van der Waals surface area (Å²) in [6.45, 7) is 7.36. The minimum Gasteiger partial charge on any atom is -0.373 e. The van der Waals surface area contributed by atoms with Crippen LogP contribution in [-0.4, -0.2) is 23.2 Å². The van der Waals surface area contributed by atoms with E-state index in [1.165, 1.54) is 0 Å². The lowest BCUT2D eigenvalue weighted by atomic mass is 10.1. The van der Waals surface area contributed by atoms with Crippen molar-refractivity contribution in [2.45, 2.75) is 49.9 Å². The summed E-state index contributed by atoms with van der Waals surface area (Å²) in [5.74, 6) is -2.66. The van der Waals surface area contributed by atoms with Crippen molar-refractivity contribution in [2.24, 2.45) is 0 Å². The van der Waals surface area contributed by atoms with Crippen molar-refractivity contribution in [2.75, 3.05) is 5.32 Å². The Hall–Kier alpha value is -1.30. The summed E-state index contributed by atoms with van der Waals surface area (Å²) in [5, 5.41) is 5.81. The predicted octanol–water partition coefficient (Wildman–Crippen LogP) is 3.72. The number of anilines is 1. The molecule has 2 N–H and O–H groups in total. The van der Waals surface area contributed by atoms with Gasteiger partial charge in [-0.3, -0.25) is 4.79 Å². The van der Waals surface area contributed by atoms with E-state index in [0.29, 0.717) is 22.3 Å². The van der Waals surface area contributed by atoms with E-state index in [0.717, 1.165) is 0 Å². The Balaban J connectivity index is 2.75. The van der Waals surface area contributed by atoms with E-state index < -0.39 is 11.8 Å². The lowest BCUT2D eigenvalue weighted by Gasteiger charge is -2.24. The van der Waals surface area contributed by atoms with Gasteiger partial charge >= 0.3 is 0 Å². The smallest absolute Gasteiger partial charge is 0.288 e. The van der Waals surface area contributed by atoms with Gasteiger partial charge in [-0.25, -0.2) is 0 Å². The summed E-state index contributed by atoms with van der Waals surface area (Å²) in [6, 6.07) is 6.22. The predicted molar refractivity (Wildman–Crippen MR) is 79.3 cm³/mol. The summed E-state index contributed by atoms with van der Waals surface area (Å²) in [6.07, 6.45) is 0. The molecule has 6 heteroatoms. The second kappa shape index (κ2) is 6.92. The Morgan fingerprint density at radius 3 is 2.40 bits per heavy atom. The number of benzene rings is 1. The number of carbonyl (C=O) groups excluding carboxylic acids is 1. The van der Waals surface area contributed by atoms with Gasteiger partial charge in [0.15, 0.2) is 0 Å². The Morgan fingerprint density at radius 2 is 1.85 bits per heavy atom. The van der Waals surface area contributed by atoms with E-state index in [2.05, 4.69) is 10.6 Å². The molecule has 1 aromatic rings. The first kappa shape index (κ1) is 16.8. The molecular formula is C14H20F2N2OS. The molecule has 3 nitrogen and oxygen atoms in total. The van der Waals surface area contributed by atoms with Gasteiger partial charge in [0.05, 0.1) is 0 Å². The fraction of sp³-hybridized carbons (Fsp3) is 0.500. The Morgan fingerprint density at radius 1 is 1.25 bits per heavy atom. The summed E-state index contributed by atoms with van der Waals surface area (Å²) < 4.78 is 24.9. The zero-order valence-corrected chi connectivity index (χ0v) is 12.9. The van der Waals surface area contributed by atoms with Crippen molar-refractivity contribution >= 4 is 23.4 Å². The molecular weight excluding hydrogens is 282 g/mol. The van der Waals surface area contributed by atoms with Gasteiger partial charge in [-0.1, -0.05) is 23.9 Å². The maximum absolute atomic E-state index is 12.5. The fourth-order valence-electron chi connectivity index (χ4n) is 1.56. The molecule has 0 saturated carbocycles. The number of rotatable bonds is 5. The lowest BCUT2D eigenvalue weighted by molar-refractivity contribution is -0.122. The van der Waals surface area contributed by atoms with Crippen LogP contribution in [0, 0.1) is 0 Å². The maximum atomic E-state index is 12.5. The number of carbonyl (C=O) groups is 1. The molecule has 0 heterocycles. The molecule has 20 heavy (non-hydrogen) atoms. The van der Waals surface area contributed by atoms with E-state index >= 15 is 0 Å². The first-order chi connectivity index (χ1) is 9.19. The van der Waals surface area contributed by atoms with Crippen molar-refractivity contribution in [1.29, 1.82) is 0 Å². The second-order valence-corrected chi connectivity index (χ2v) is 6.51. The van der Waals surface area contributed by atoms with Gasteiger partial charge in [-0.05, 0) is 39.8 Å². The highest BCUT2D eigenvalue weighted by Gasteiger charge is 2.20. The molecule has 0 aliphatic heterocycles. The van der Waals surface area contributed by atoms with Crippen LogP contribution in [0.4, 0.5) is 14.5 Å². The zero-order chi connectivity index (χ0) is 15.3. The largest absolute Gasteiger partial charge is 0.373 e. The maximum Gasteiger partial charge on any atom is 0.288 e. The minimum absolute atomic E-state index is 0.172.